The zero-order chi connectivity index (χ0) is 32.4. The Labute approximate surface area is 260 Å². The lowest BCUT2D eigenvalue weighted by Gasteiger charge is -2.68. The predicted octanol–water partition coefficient (Wildman–Crippen LogP) is 2.31. The number of esters is 4. The van der Waals surface area contributed by atoms with Crippen molar-refractivity contribution in [2.45, 2.75) is 77.0 Å². The first-order valence-electron chi connectivity index (χ1n) is 15.4. The maximum Gasteiger partial charge on any atom is 0.338 e. The van der Waals surface area contributed by atoms with Gasteiger partial charge in [0, 0.05) is 67.4 Å². The summed E-state index contributed by atoms with van der Waals surface area (Å²) in [5, 5.41) is 0. The molecule has 8 aliphatic rings. The Morgan fingerprint density at radius 3 is 2.18 bits per heavy atom. The van der Waals surface area contributed by atoms with E-state index < -0.39 is 94.3 Å². The largest absolute Gasteiger partial charge is 0.461 e. The molecule has 5 unspecified atom stereocenters. The average molecular weight is 620 g/mol. The van der Waals surface area contributed by atoms with Crippen molar-refractivity contribution in [3.63, 3.8) is 0 Å². The summed E-state index contributed by atoms with van der Waals surface area (Å²) >= 11 is 0. The van der Waals surface area contributed by atoms with Gasteiger partial charge in [0.2, 0.25) is 0 Å². The minimum absolute atomic E-state index is 0.0799. The highest BCUT2D eigenvalue weighted by atomic mass is 16.6. The van der Waals surface area contributed by atoms with Crippen LogP contribution >= 0.6 is 0 Å². The molecule has 6 aliphatic carbocycles. The fraction of sp³-hybridized carbons (Fsp3) is 0.588. The zero-order valence-corrected chi connectivity index (χ0v) is 25.9. The van der Waals surface area contributed by atoms with E-state index in [-0.39, 0.29) is 23.8 Å². The summed E-state index contributed by atoms with van der Waals surface area (Å²) in [6.45, 7) is 9.89. The first-order valence-corrected chi connectivity index (χ1v) is 15.4. The third-order valence-corrected chi connectivity index (χ3v) is 12.1. The van der Waals surface area contributed by atoms with Crippen LogP contribution in [0.3, 0.4) is 0 Å². The summed E-state index contributed by atoms with van der Waals surface area (Å²) in [5.41, 5.74) is -2.64. The summed E-state index contributed by atoms with van der Waals surface area (Å²) in [6.07, 6.45) is -2.69. The minimum Gasteiger partial charge on any atom is -0.461 e. The number of aldehydes is 1. The van der Waals surface area contributed by atoms with Crippen molar-refractivity contribution in [1.29, 1.82) is 0 Å². The molecule has 2 heterocycles. The smallest absolute Gasteiger partial charge is 0.338 e. The number of fused-ring (bicyclic) bond motifs is 1. The van der Waals surface area contributed by atoms with E-state index in [0.29, 0.717) is 12.0 Å². The van der Waals surface area contributed by atoms with E-state index >= 15 is 0 Å². The average Bonchev–Trinajstić information content (AvgIpc) is 3.23. The zero-order valence-electron chi connectivity index (χ0n) is 25.9. The summed E-state index contributed by atoms with van der Waals surface area (Å²) < 4.78 is 24.5. The molecule has 1 aromatic rings. The van der Waals surface area contributed by atoms with Crippen LogP contribution in [0.5, 0.6) is 0 Å². The number of ether oxygens (including phenoxy) is 4. The topological polar surface area (TPSA) is 143 Å². The molecule has 0 aromatic heterocycles. The molecule has 8 fully saturated rings. The maximum absolute atomic E-state index is 14.6. The summed E-state index contributed by atoms with van der Waals surface area (Å²) in [7, 11) is 1.90. The number of rotatable bonds is 6. The van der Waals surface area contributed by atoms with Crippen LogP contribution in [0, 0.1) is 39.9 Å². The number of hydrogen-bond acceptors (Lipinski definition) is 11. The van der Waals surface area contributed by atoms with Crippen LogP contribution in [-0.4, -0.2) is 84.4 Å². The van der Waals surface area contributed by atoms with E-state index in [9.17, 15) is 28.8 Å². The minimum atomic E-state index is -1.19. The van der Waals surface area contributed by atoms with Crippen molar-refractivity contribution >= 4 is 35.9 Å². The van der Waals surface area contributed by atoms with Crippen LogP contribution in [0.1, 0.15) is 50.9 Å². The SMILES string of the molecule is C=C1[C@H]2C(=O)[C@H]3[C@@H]4N(C)C5CC3([C@@H]1OC(C)=O)[C@@H](C2OC(C)=O)C41[C@H](OC(C)=O)C(OC(=O)c2ccccc2)C[C@@](C)(C=O)[C@@H]51. The number of hydrogen-bond donors (Lipinski definition) is 0. The number of piperidine rings is 1. The quantitative estimate of drug-likeness (QED) is 0.200. The van der Waals surface area contributed by atoms with Gasteiger partial charge in [-0.25, -0.2) is 4.79 Å². The standard InChI is InChI=1S/C34H37NO10/c1-15-22-24(40)23-28-34-26(20(35(28)6)12-33(23,29(15)43-17(3)38)27(34)25(22)42-16(2)37)32(5,14-36)13-21(30(34)44-18(4)39)45-31(41)19-10-8-7-9-11-19/h7-11,14,20-23,25-30H,1,12-13H2,2-6H3/t20?,21?,22-,23-,25?,26+,27+,28-,29+,30+,32-,33?,34?/m0/s1. The first kappa shape index (κ1) is 29.8. The summed E-state index contributed by atoms with van der Waals surface area (Å²) in [6, 6.07) is 7.52. The molecule has 13 atom stereocenters. The Kier molecular flexibility index (Phi) is 6.35. The highest BCUT2D eigenvalue weighted by Crippen LogP contribution is 2.84. The predicted molar refractivity (Wildman–Crippen MR) is 154 cm³/mol. The Bertz CT molecular complexity index is 1560. The molecule has 2 aliphatic heterocycles. The van der Waals surface area contributed by atoms with Crippen LogP contribution in [0.2, 0.25) is 0 Å². The van der Waals surface area contributed by atoms with Crippen LogP contribution in [0.4, 0.5) is 0 Å². The molecule has 9 rings (SSSR count). The molecule has 0 N–H and O–H groups in total. The number of carbonyl (C=O) groups is 6. The lowest BCUT2D eigenvalue weighted by atomic mass is 9.38. The van der Waals surface area contributed by atoms with Gasteiger partial charge in [-0.2, -0.15) is 0 Å². The number of benzene rings is 1. The molecule has 2 spiro atoms. The molecular weight excluding hydrogens is 582 g/mol. The molecular formula is C34H37NO10. The van der Waals surface area contributed by atoms with Crippen LogP contribution in [0.15, 0.2) is 42.5 Å². The molecule has 45 heavy (non-hydrogen) atoms. The number of ketones is 1. The number of Topliss-reactive ketones (excluding diaryl/α,β-unsaturated/α-hetero) is 1. The monoisotopic (exact) mass is 619 g/mol. The summed E-state index contributed by atoms with van der Waals surface area (Å²) in [4.78, 5) is 81.7. The fourth-order valence-electron chi connectivity index (χ4n) is 11.5. The third-order valence-electron chi connectivity index (χ3n) is 12.1. The van der Waals surface area contributed by atoms with Gasteiger partial charge in [0.05, 0.1) is 11.5 Å². The highest BCUT2D eigenvalue weighted by Gasteiger charge is 2.93. The fourth-order valence-corrected chi connectivity index (χ4v) is 11.5. The molecule has 0 radical (unpaired) electrons. The van der Waals surface area contributed by atoms with E-state index in [1.54, 1.807) is 30.3 Å². The van der Waals surface area contributed by atoms with Gasteiger partial charge in [-0.15, -0.1) is 0 Å². The van der Waals surface area contributed by atoms with Crippen molar-refractivity contribution < 1.29 is 47.7 Å². The highest BCUT2D eigenvalue weighted by molar-refractivity contribution is 5.94. The van der Waals surface area contributed by atoms with Gasteiger partial charge < -0.3 is 23.7 Å². The Balaban J connectivity index is 1.49. The molecule has 6 saturated carbocycles. The van der Waals surface area contributed by atoms with Gasteiger partial charge in [0.25, 0.3) is 0 Å². The molecule has 0 amide bonds. The lowest BCUT2D eigenvalue weighted by molar-refractivity contribution is -0.260. The normalized spacial score (nSPS) is 45.1. The molecule has 1 aromatic carbocycles. The van der Waals surface area contributed by atoms with Crippen LogP contribution in [0.25, 0.3) is 0 Å². The van der Waals surface area contributed by atoms with Crippen molar-refractivity contribution in [3.8, 4) is 0 Å². The van der Waals surface area contributed by atoms with E-state index in [0.717, 1.165) is 6.29 Å². The Morgan fingerprint density at radius 1 is 0.933 bits per heavy atom. The number of carbonyl (C=O) groups excluding carboxylic acids is 6. The second-order valence-electron chi connectivity index (χ2n) is 14.1. The number of nitrogens with zero attached hydrogens (tertiary/aromatic N) is 1. The van der Waals surface area contributed by atoms with Gasteiger partial charge in [-0.05, 0) is 37.1 Å². The van der Waals surface area contributed by atoms with Crippen molar-refractivity contribution in [1.82, 2.24) is 4.90 Å². The van der Waals surface area contributed by atoms with Gasteiger partial charge in [0.1, 0.15) is 36.5 Å². The van der Waals surface area contributed by atoms with E-state index in [1.807, 2.05) is 14.0 Å². The first-order chi connectivity index (χ1) is 21.2. The van der Waals surface area contributed by atoms with Gasteiger partial charge in [0.15, 0.2) is 0 Å². The van der Waals surface area contributed by atoms with Crippen LogP contribution < -0.4 is 0 Å². The molecule has 11 heteroatoms. The Hall–Kier alpha value is -3.86. The van der Waals surface area contributed by atoms with E-state index in [2.05, 4.69) is 11.5 Å². The molecule has 2 saturated heterocycles. The molecule has 11 nitrogen and oxygen atoms in total. The van der Waals surface area contributed by atoms with Crippen molar-refractivity contribution in [2.24, 2.45) is 39.9 Å². The van der Waals surface area contributed by atoms with Gasteiger partial charge >= 0.3 is 23.9 Å². The second-order valence-corrected chi connectivity index (χ2v) is 14.1. The van der Waals surface area contributed by atoms with Crippen LogP contribution in [-0.2, 0) is 42.9 Å². The van der Waals surface area contributed by atoms with Gasteiger partial charge in [-0.3, -0.25) is 24.1 Å². The van der Waals surface area contributed by atoms with Crippen molar-refractivity contribution in [3.05, 3.63) is 48.0 Å². The van der Waals surface area contributed by atoms with Gasteiger partial charge in [-0.1, -0.05) is 31.7 Å². The van der Waals surface area contributed by atoms with Crippen molar-refractivity contribution in [2.75, 3.05) is 7.05 Å². The maximum atomic E-state index is 14.6. The molecule has 7 bridgehead atoms. The van der Waals surface area contributed by atoms with E-state index in [1.165, 1.54) is 20.8 Å². The Morgan fingerprint density at radius 2 is 1.58 bits per heavy atom. The van der Waals surface area contributed by atoms with E-state index in [4.69, 9.17) is 18.9 Å². The third kappa shape index (κ3) is 3.50. The second kappa shape index (κ2) is 9.57. The molecule has 238 valence electrons. The lowest BCUT2D eigenvalue weighted by Crippen LogP contribution is -2.76. The summed E-state index contributed by atoms with van der Waals surface area (Å²) in [5.74, 6) is -5.39.